The number of aliphatic hydroxyl groups is 1. The van der Waals surface area contributed by atoms with Crippen LogP contribution in [-0.2, 0) is 0 Å². The molecule has 1 N–H and O–H groups in total. The third-order valence-electron chi connectivity index (χ3n) is 3.51. The van der Waals surface area contributed by atoms with Gasteiger partial charge in [-0.15, -0.1) is 0 Å². The Morgan fingerprint density at radius 1 is 1.09 bits per heavy atom. The van der Waals surface area contributed by atoms with E-state index >= 15 is 0 Å². The Hall–Kier alpha value is -2.59. The molecule has 3 aromatic rings. The van der Waals surface area contributed by atoms with Gasteiger partial charge >= 0.3 is 5.63 Å². The number of rotatable bonds is 4. The number of fused-ring (bicyclic) bond motifs is 1. The van der Waals surface area contributed by atoms with Crippen molar-refractivity contribution in [3.8, 4) is 16.9 Å². The van der Waals surface area contributed by atoms with Gasteiger partial charge in [0.05, 0.1) is 6.61 Å². The van der Waals surface area contributed by atoms with Gasteiger partial charge in [0.25, 0.3) is 0 Å². The molecule has 0 aliphatic heterocycles. The van der Waals surface area contributed by atoms with Crippen molar-refractivity contribution in [1.82, 2.24) is 0 Å². The summed E-state index contributed by atoms with van der Waals surface area (Å²) in [7, 11) is 0. The molecule has 112 valence electrons. The molecule has 1 aromatic heterocycles. The van der Waals surface area contributed by atoms with Crippen molar-refractivity contribution >= 4 is 11.0 Å². The summed E-state index contributed by atoms with van der Waals surface area (Å²) in [6.07, 6.45) is 0. The summed E-state index contributed by atoms with van der Waals surface area (Å²) in [5, 5.41) is 9.66. The summed E-state index contributed by atoms with van der Waals surface area (Å²) < 4.78 is 10.6. The van der Waals surface area contributed by atoms with E-state index in [1.807, 2.05) is 37.3 Å². The molecule has 0 saturated carbocycles. The Morgan fingerprint density at radius 2 is 1.91 bits per heavy atom. The van der Waals surface area contributed by atoms with E-state index in [4.69, 9.17) is 14.3 Å². The maximum Gasteiger partial charge on any atom is 0.336 e. The van der Waals surface area contributed by atoms with Gasteiger partial charge in [-0.1, -0.05) is 24.3 Å². The van der Waals surface area contributed by atoms with Crippen molar-refractivity contribution in [1.29, 1.82) is 0 Å². The van der Waals surface area contributed by atoms with Crippen molar-refractivity contribution < 1.29 is 14.3 Å². The highest BCUT2D eigenvalue weighted by Crippen LogP contribution is 2.31. The van der Waals surface area contributed by atoms with Gasteiger partial charge in [0, 0.05) is 23.1 Å². The Labute approximate surface area is 127 Å². The Bertz CT molecular complexity index is 864. The summed E-state index contributed by atoms with van der Waals surface area (Å²) in [6, 6.07) is 14.8. The zero-order valence-electron chi connectivity index (χ0n) is 12.2. The van der Waals surface area contributed by atoms with Crippen LogP contribution < -0.4 is 10.4 Å². The molecule has 4 heteroatoms. The van der Waals surface area contributed by atoms with Gasteiger partial charge in [-0.3, -0.25) is 0 Å². The number of ether oxygens (including phenoxy) is 1. The van der Waals surface area contributed by atoms with Crippen LogP contribution in [-0.4, -0.2) is 18.3 Å². The van der Waals surface area contributed by atoms with Crippen LogP contribution in [0.2, 0.25) is 0 Å². The molecule has 0 unspecified atom stereocenters. The molecular weight excluding hydrogens is 280 g/mol. The van der Waals surface area contributed by atoms with Crippen molar-refractivity contribution in [2.75, 3.05) is 13.2 Å². The van der Waals surface area contributed by atoms with E-state index < -0.39 is 5.63 Å². The molecule has 0 radical (unpaired) electrons. The number of hydrogen-bond donors (Lipinski definition) is 1. The lowest BCUT2D eigenvalue weighted by Crippen LogP contribution is -2.02. The molecule has 0 bridgehead atoms. The molecule has 0 spiro atoms. The first-order valence-electron chi connectivity index (χ1n) is 7.06. The average molecular weight is 296 g/mol. The Kier molecular flexibility index (Phi) is 3.94. The van der Waals surface area contributed by atoms with Gasteiger partial charge in [-0.25, -0.2) is 4.79 Å². The minimum Gasteiger partial charge on any atom is -0.491 e. The van der Waals surface area contributed by atoms with Crippen molar-refractivity contribution in [2.45, 2.75) is 6.92 Å². The predicted molar refractivity (Wildman–Crippen MR) is 85.2 cm³/mol. The maximum absolute atomic E-state index is 11.9. The SMILES string of the molecule is Cc1ccccc1-c1cc(=O)oc2cc(OCCO)ccc12. The molecule has 0 saturated heterocycles. The lowest BCUT2D eigenvalue weighted by atomic mass is 9.98. The smallest absolute Gasteiger partial charge is 0.336 e. The van der Waals surface area contributed by atoms with E-state index in [2.05, 4.69) is 0 Å². The fourth-order valence-corrected chi connectivity index (χ4v) is 2.49. The first kappa shape index (κ1) is 14.4. The van der Waals surface area contributed by atoms with E-state index in [0.717, 1.165) is 22.1 Å². The van der Waals surface area contributed by atoms with E-state index in [1.54, 1.807) is 12.1 Å². The predicted octanol–water partition coefficient (Wildman–Crippen LogP) is 3.14. The lowest BCUT2D eigenvalue weighted by molar-refractivity contribution is 0.201. The molecule has 0 fully saturated rings. The normalized spacial score (nSPS) is 10.8. The molecule has 0 aliphatic carbocycles. The van der Waals surface area contributed by atoms with Crippen LogP contribution in [0.15, 0.2) is 57.7 Å². The highest BCUT2D eigenvalue weighted by molar-refractivity contribution is 5.94. The third-order valence-corrected chi connectivity index (χ3v) is 3.51. The third kappa shape index (κ3) is 2.73. The Balaban J connectivity index is 2.19. The molecule has 0 atom stereocenters. The highest BCUT2D eigenvalue weighted by Gasteiger charge is 2.10. The summed E-state index contributed by atoms with van der Waals surface area (Å²) in [4.78, 5) is 11.9. The number of hydrogen-bond acceptors (Lipinski definition) is 4. The quantitative estimate of drug-likeness (QED) is 0.751. The fourth-order valence-electron chi connectivity index (χ4n) is 2.49. The largest absolute Gasteiger partial charge is 0.491 e. The van der Waals surface area contributed by atoms with E-state index in [0.29, 0.717) is 11.3 Å². The number of aryl methyl sites for hydroxylation is 1. The second-order valence-corrected chi connectivity index (χ2v) is 5.02. The van der Waals surface area contributed by atoms with Gasteiger partial charge in [0.15, 0.2) is 0 Å². The van der Waals surface area contributed by atoms with Gasteiger partial charge in [-0.05, 0) is 30.2 Å². The van der Waals surface area contributed by atoms with Crippen LogP contribution in [0.5, 0.6) is 5.75 Å². The second kappa shape index (κ2) is 6.03. The number of benzene rings is 2. The molecule has 1 heterocycles. The minimum absolute atomic E-state index is 0.0643. The zero-order valence-corrected chi connectivity index (χ0v) is 12.2. The van der Waals surface area contributed by atoms with Crippen molar-refractivity contribution in [3.63, 3.8) is 0 Å². The summed E-state index contributed by atoms with van der Waals surface area (Å²) in [5.74, 6) is 0.562. The van der Waals surface area contributed by atoms with Gasteiger partial charge in [0.1, 0.15) is 17.9 Å². The van der Waals surface area contributed by atoms with Gasteiger partial charge in [-0.2, -0.15) is 0 Å². The Morgan fingerprint density at radius 3 is 2.68 bits per heavy atom. The monoisotopic (exact) mass is 296 g/mol. The van der Waals surface area contributed by atoms with Gasteiger partial charge < -0.3 is 14.3 Å². The minimum atomic E-state index is -0.398. The van der Waals surface area contributed by atoms with Gasteiger partial charge in [0.2, 0.25) is 0 Å². The highest BCUT2D eigenvalue weighted by atomic mass is 16.5. The summed E-state index contributed by atoms with van der Waals surface area (Å²) in [6.45, 7) is 2.15. The van der Waals surface area contributed by atoms with Crippen LogP contribution in [0.1, 0.15) is 5.56 Å². The average Bonchev–Trinajstić information content (AvgIpc) is 2.52. The zero-order chi connectivity index (χ0) is 15.5. The van der Waals surface area contributed by atoms with Crippen LogP contribution in [0.25, 0.3) is 22.1 Å². The molecule has 4 nitrogen and oxygen atoms in total. The maximum atomic E-state index is 11.9. The van der Waals surface area contributed by atoms with E-state index in [-0.39, 0.29) is 13.2 Å². The molecule has 3 rings (SSSR count). The van der Waals surface area contributed by atoms with Crippen LogP contribution in [0.4, 0.5) is 0 Å². The van der Waals surface area contributed by atoms with Crippen LogP contribution in [0.3, 0.4) is 0 Å². The fraction of sp³-hybridized carbons (Fsp3) is 0.167. The molecule has 0 amide bonds. The molecule has 2 aromatic carbocycles. The van der Waals surface area contributed by atoms with Crippen molar-refractivity contribution in [3.05, 3.63) is 64.5 Å². The topological polar surface area (TPSA) is 59.7 Å². The molecular formula is C18H16O4. The first-order chi connectivity index (χ1) is 10.7. The summed E-state index contributed by atoms with van der Waals surface area (Å²) >= 11 is 0. The first-order valence-corrected chi connectivity index (χ1v) is 7.06. The van der Waals surface area contributed by atoms with E-state index in [9.17, 15) is 4.79 Å². The molecule has 0 aliphatic rings. The van der Waals surface area contributed by atoms with Crippen molar-refractivity contribution in [2.24, 2.45) is 0 Å². The lowest BCUT2D eigenvalue weighted by Gasteiger charge is -2.10. The second-order valence-electron chi connectivity index (χ2n) is 5.02. The summed E-state index contributed by atoms with van der Waals surface area (Å²) in [5.41, 5.74) is 3.02. The van der Waals surface area contributed by atoms with Crippen LogP contribution in [0, 0.1) is 6.92 Å². The standard InChI is InChI=1S/C18H16O4/c1-12-4-2-3-5-14(12)16-11-18(20)22-17-10-13(21-9-8-19)6-7-15(16)17/h2-7,10-11,19H,8-9H2,1H3. The number of aliphatic hydroxyl groups excluding tert-OH is 1. The van der Waals surface area contributed by atoms with E-state index in [1.165, 1.54) is 6.07 Å². The van der Waals surface area contributed by atoms with Crippen LogP contribution >= 0.6 is 0 Å². The molecule has 22 heavy (non-hydrogen) atoms.